The molecule has 4 nitrogen and oxygen atoms in total. The Kier molecular flexibility index (Phi) is 5.89. The number of hydrogen-bond acceptors (Lipinski definition) is 3. The Bertz CT molecular complexity index is 1430. The van der Waals surface area contributed by atoms with E-state index in [0.29, 0.717) is 16.6 Å². The summed E-state index contributed by atoms with van der Waals surface area (Å²) in [5.41, 5.74) is 6.91. The number of benzene rings is 2. The van der Waals surface area contributed by atoms with Gasteiger partial charge < -0.3 is 26.3 Å². The molecule has 0 fully saturated rings. The summed E-state index contributed by atoms with van der Waals surface area (Å²) in [5.74, 6) is 0.840. The first-order chi connectivity index (χ1) is 15.1. The Balaban J connectivity index is 0.00000245. The summed E-state index contributed by atoms with van der Waals surface area (Å²) in [6.45, 7) is 0. The van der Waals surface area contributed by atoms with Gasteiger partial charge in [-0.05, 0) is 41.5 Å². The lowest BCUT2D eigenvalue weighted by molar-refractivity contribution is -0.462. The molecule has 0 aromatic heterocycles. The van der Waals surface area contributed by atoms with Crippen LogP contribution >= 0.6 is 0 Å². The molecule has 2 aromatic rings. The fourth-order valence-corrected chi connectivity index (χ4v) is 3.70. The first-order valence-corrected chi connectivity index (χ1v) is 10.1. The Morgan fingerprint density at radius 2 is 1.47 bits per heavy atom. The molecule has 0 radical (unpaired) electrons. The van der Waals surface area contributed by atoms with Gasteiger partial charge in [-0.3, -0.25) is 0 Å². The first kappa shape index (κ1) is 21.5. The average molecular weight is 444 g/mol. The largest absolute Gasteiger partial charge is 1.00 e. The van der Waals surface area contributed by atoms with Crippen LogP contribution in [0, 0.1) is 0 Å². The molecule has 0 unspecified atom stereocenters. The van der Waals surface area contributed by atoms with Crippen LogP contribution in [-0.4, -0.2) is 29.5 Å². The van der Waals surface area contributed by atoms with E-state index in [1.54, 1.807) is 12.1 Å². The molecule has 0 atom stereocenters. The van der Waals surface area contributed by atoms with Crippen LogP contribution in [-0.2, 0) is 0 Å². The van der Waals surface area contributed by atoms with Gasteiger partial charge in [-0.15, -0.1) is 0 Å². The Morgan fingerprint density at radius 1 is 0.781 bits per heavy atom. The number of rotatable bonds is 2. The van der Waals surface area contributed by atoms with Crippen molar-refractivity contribution in [3.05, 3.63) is 96.0 Å². The third-order valence-corrected chi connectivity index (χ3v) is 5.28. The predicted octanol–water partition coefficient (Wildman–Crippen LogP) is 2.33. The van der Waals surface area contributed by atoms with Crippen molar-refractivity contribution in [2.75, 3.05) is 14.1 Å². The predicted molar refractivity (Wildman–Crippen MR) is 124 cm³/mol. The van der Waals surface area contributed by atoms with E-state index < -0.39 is 0 Å². The fraction of sp³-hybridized carbons (Fsp3) is 0.0741. The van der Waals surface area contributed by atoms with Gasteiger partial charge in [0.2, 0.25) is 0 Å². The Labute approximate surface area is 192 Å². The van der Waals surface area contributed by atoms with Gasteiger partial charge >= 0.3 is 0 Å². The highest BCUT2D eigenvalue weighted by atomic mass is 35.5. The molecule has 32 heavy (non-hydrogen) atoms. The second-order valence-electron chi connectivity index (χ2n) is 7.72. The minimum Gasteiger partial charge on any atom is -1.00 e. The van der Waals surface area contributed by atoms with Crippen molar-refractivity contribution in [2.45, 2.75) is 0 Å². The van der Waals surface area contributed by atoms with E-state index in [-0.39, 0.29) is 18.2 Å². The lowest BCUT2D eigenvalue weighted by Gasteiger charge is -2.13. The molecule has 2 aliphatic heterocycles. The van der Waals surface area contributed by atoms with Gasteiger partial charge in [0.25, 0.3) is 0 Å². The molecule has 0 spiro atoms. The second kappa shape index (κ2) is 8.77. The quantitative estimate of drug-likeness (QED) is 0.484. The minimum atomic E-state index is 0. The van der Waals surface area contributed by atoms with E-state index in [4.69, 9.17) is 8.83 Å². The van der Waals surface area contributed by atoms with E-state index in [2.05, 4.69) is 28.9 Å². The summed E-state index contributed by atoms with van der Waals surface area (Å²) in [5, 5.41) is 10.2. The normalized spacial score (nSPS) is 13.6. The zero-order chi connectivity index (χ0) is 21.4. The van der Waals surface area contributed by atoms with Crippen LogP contribution in [0.1, 0.15) is 0 Å². The molecule has 0 bridgehead atoms. The summed E-state index contributed by atoms with van der Waals surface area (Å²) < 4.78 is 14.2. The lowest BCUT2D eigenvalue weighted by Crippen LogP contribution is -3.00. The number of hydrogen-bond donors (Lipinski definition) is 1. The second-order valence-corrected chi connectivity index (χ2v) is 7.72. The van der Waals surface area contributed by atoms with Crippen molar-refractivity contribution in [1.29, 1.82) is 0 Å². The molecule has 5 rings (SSSR count). The van der Waals surface area contributed by atoms with Gasteiger partial charge in [-0.1, -0.05) is 36.4 Å². The molecule has 1 aliphatic carbocycles. The number of halogens is 1. The van der Waals surface area contributed by atoms with Gasteiger partial charge in [0.05, 0.1) is 5.56 Å². The Hall–Kier alpha value is -3.76. The summed E-state index contributed by atoms with van der Waals surface area (Å²) >= 11 is 0. The van der Waals surface area contributed by atoms with Crippen LogP contribution < -0.4 is 17.8 Å². The number of allylic oxidation sites excluding steroid dienone is 6. The van der Waals surface area contributed by atoms with Crippen molar-refractivity contribution in [1.82, 2.24) is 0 Å². The van der Waals surface area contributed by atoms with Gasteiger partial charge in [-0.2, -0.15) is 0 Å². The number of nitrogens with zero attached hydrogens (tertiary/aromatic N) is 1. The van der Waals surface area contributed by atoms with Crippen LogP contribution in [0.3, 0.4) is 0 Å². The molecule has 0 saturated heterocycles. The van der Waals surface area contributed by atoms with E-state index >= 15 is 0 Å². The summed E-state index contributed by atoms with van der Waals surface area (Å²) in [6, 6.07) is 17.2. The topological polar surface area (TPSA) is 49.5 Å². The standard InChI is InChI=1S/C27H21NO3.ClH/c1-28(2)21-11-8-18(9-12-21)10-13-23-14-20-15-24(19-6-4-3-5-7-19)31-26-17-22(29)16-25(30-23)27(20)26;/h3-17H,1-2H3;1H. The highest BCUT2D eigenvalue weighted by molar-refractivity contribution is 6.02. The monoisotopic (exact) mass is 443 g/mol. The van der Waals surface area contributed by atoms with Crippen molar-refractivity contribution in [3.8, 4) is 28.2 Å². The van der Waals surface area contributed by atoms with Gasteiger partial charge in [0, 0.05) is 29.8 Å². The van der Waals surface area contributed by atoms with Gasteiger partial charge in [0.1, 0.15) is 42.2 Å². The van der Waals surface area contributed by atoms with E-state index in [0.717, 1.165) is 33.7 Å². The minimum absolute atomic E-state index is 0. The molecular formula is C27H22ClNO3. The molecule has 3 aliphatic rings. The van der Waals surface area contributed by atoms with E-state index in [1.165, 1.54) is 0 Å². The maximum absolute atomic E-state index is 10.2. The van der Waals surface area contributed by atoms with E-state index in [1.807, 2.05) is 68.7 Å². The molecule has 1 N–H and O–H groups in total. The number of phenolic OH excluding ortho intramolecular Hbond substituents is 1. The third-order valence-electron chi connectivity index (χ3n) is 5.28. The first-order valence-electron chi connectivity index (χ1n) is 10.1. The summed E-state index contributed by atoms with van der Waals surface area (Å²) in [6.07, 6.45) is 12.3. The maximum atomic E-state index is 10.2. The third kappa shape index (κ3) is 4.18. The average Bonchev–Trinajstić information content (AvgIpc) is 2.78. The van der Waals surface area contributed by atoms with Crippen LogP contribution in [0.5, 0.6) is 5.75 Å². The van der Waals surface area contributed by atoms with E-state index in [9.17, 15) is 5.11 Å². The van der Waals surface area contributed by atoms with Crippen molar-refractivity contribution in [3.63, 3.8) is 0 Å². The van der Waals surface area contributed by atoms with Crippen molar-refractivity contribution < 1.29 is 30.9 Å². The lowest BCUT2D eigenvalue weighted by atomic mass is 10.0. The number of aromatic hydroxyl groups is 1. The van der Waals surface area contributed by atoms with Crippen LogP contribution in [0.2, 0.25) is 0 Å². The van der Waals surface area contributed by atoms with Crippen molar-refractivity contribution >= 4 is 23.0 Å². The number of phenols is 1. The van der Waals surface area contributed by atoms with Crippen molar-refractivity contribution in [2.24, 2.45) is 0 Å². The molecule has 5 heteroatoms. The zero-order valence-corrected chi connectivity index (χ0v) is 18.5. The summed E-state index contributed by atoms with van der Waals surface area (Å²) in [7, 11) is 4.05. The smallest absolute Gasteiger partial charge is 0.199 e. The molecule has 0 amide bonds. The maximum Gasteiger partial charge on any atom is 0.199 e. The van der Waals surface area contributed by atoms with Gasteiger partial charge in [-0.25, -0.2) is 4.58 Å². The highest BCUT2D eigenvalue weighted by Gasteiger charge is 2.17. The highest BCUT2D eigenvalue weighted by Crippen LogP contribution is 2.38. The SMILES string of the molecule is C[N+](C)=C1C=CC(=C/C=c2/cc3cc(-c4ccccc4)oc4cc(O)cc(o2)c4-3)C=C1.[Cl-]. The fourth-order valence-electron chi connectivity index (χ4n) is 3.70. The molecule has 160 valence electrons. The molecule has 2 heterocycles. The molecular weight excluding hydrogens is 422 g/mol. The molecule has 2 aromatic carbocycles. The van der Waals surface area contributed by atoms with Crippen LogP contribution in [0.4, 0.5) is 0 Å². The molecule has 0 saturated carbocycles. The van der Waals surface area contributed by atoms with Gasteiger partial charge in [0.15, 0.2) is 5.71 Å². The zero-order valence-electron chi connectivity index (χ0n) is 17.7. The van der Waals surface area contributed by atoms with Crippen LogP contribution in [0.25, 0.3) is 39.7 Å². The summed E-state index contributed by atoms with van der Waals surface area (Å²) in [4.78, 5) is 0. The van der Waals surface area contributed by atoms with Crippen LogP contribution in [0.15, 0.2) is 99.4 Å². The Morgan fingerprint density at radius 3 is 2.16 bits per heavy atom.